The van der Waals surface area contributed by atoms with E-state index < -0.39 is 0 Å². The Morgan fingerprint density at radius 2 is 1.94 bits per heavy atom. The topological polar surface area (TPSA) is 12.0 Å². The molecule has 0 aliphatic carbocycles. The summed E-state index contributed by atoms with van der Waals surface area (Å²) in [5, 5.41) is 0.548. The maximum absolute atomic E-state index is 6.59. The van der Waals surface area contributed by atoms with Crippen LogP contribution in [0.15, 0.2) is 45.8 Å². The van der Waals surface area contributed by atoms with E-state index in [1.165, 1.54) is 0 Å². The second-order valence-corrected chi connectivity index (χ2v) is 6.62. The molecule has 1 nitrogen and oxygen atoms in total. The fraction of sp³-hybridized carbons (Fsp3) is 0.0769. The first kappa shape index (κ1) is 12.7. The van der Waals surface area contributed by atoms with Crippen LogP contribution in [0.4, 0.5) is 5.69 Å². The molecule has 1 N–H and O–H groups in total. The number of rotatable bonds is 0. The van der Waals surface area contributed by atoms with Crippen LogP contribution >= 0.6 is 51.1 Å². The van der Waals surface area contributed by atoms with E-state index in [0.717, 1.165) is 31.2 Å². The number of benzene rings is 2. The molecule has 0 aromatic heterocycles. The Balaban J connectivity index is 2.17. The first-order chi connectivity index (χ1) is 8.65. The summed E-state index contributed by atoms with van der Waals surface area (Å²) in [6.07, 6.45) is 0. The molecule has 0 spiro atoms. The molecule has 5 heteroatoms. The lowest BCUT2D eigenvalue weighted by atomic mass is 10.0. The van der Waals surface area contributed by atoms with E-state index in [2.05, 4.69) is 20.7 Å². The van der Waals surface area contributed by atoms with Crippen LogP contribution in [-0.2, 0) is 0 Å². The van der Waals surface area contributed by atoms with Crippen LogP contribution in [-0.4, -0.2) is 0 Å². The maximum atomic E-state index is 6.59. The number of alkyl halides is 1. The van der Waals surface area contributed by atoms with Gasteiger partial charge >= 0.3 is 0 Å². The fourth-order valence-electron chi connectivity index (χ4n) is 1.92. The van der Waals surface area contributed by atoms with Gasteiger partial charge in [0, 0.05) is 20.1 Å². The van der Waals surface area contributed by atoms with Gasteiger partial charge in [0.05, 0.1) is 5.38 Å². The normalized spacial score (nSPS) is 17.4. The Morgan fingerprint density at radius 1 is 1.11 bits per heavy atom. The molecule has 18 heavy (non-hydrogen) atoms. The highest BCUT2D eigenvalue weighted by molar-refractivity contribution is 9.10. The first-order valence-electron chi connectivity index (χ1n) is 5.31. The molecule has 0 saturated carbocycles. The van der Waals surface area contributed by atoms with Crippen LogP contribution in [0.1, 0.15) is 16.5 Å². The second kappa shape index (κ2) is 4.97. The average Bonchev–Trinajstić information content (AvgIpc) is 2.48. The van der Waals surface area contributed by atoms with E-state index in [-0.39, 0.29) is 5.38 Å². The Labute approximate surface area is 128 Å². The van der Waals surface area contributed by atoms with Crippen molar-refractivity contribution in [2.24, 2.45) is 0 Å². The quantitative estimate of drug-likeness (QED) is 0.466. The van der Waals surface area contributed by atoms with Gasteiger partial charge in [-0.15, -0.1) is 11.6 Å². The second-order valence-electron chi connectivity index (χ2n) is 3.98. The third-order valence-corrected chi connectivity index (χ3v) is 4.90. The zero-order valence-corrected chi connectivity index (χ0v) is 13.0. The highest BCUT2D eigenvalue weighted by atomic mass is 79.9. The van der Waals surface area contributed by atoms with E-state index in [4.69, 9.17) is 23.2 Å². The molecule has 1 atom stereocenters. The van der Waals surface area contributed by atoms with Gasteiger partial charge in [0.25, 0.3) is 0 Å². The molecule has 2 aromatic carbocycles. The van der Waals surface area contributed by atoms with Gasteiger partial charge in [-0.3, -0.25) is 0 Å². The number of hydrogen-bond donors (Lipinski definition) is 1. The summed E-state index contributed by atoms with van der Waals surface area (Å²) in [4.78, 5) is 1.06. The number of anilines is 1. The Morgan fingerprint density at radius 3 is 2.78 bits per heavy atom. The molecule has 1 unspecified atom stereocenters. The van der Waals surface area contributed by atoms with Crippen LogP contribution in [0.5, 0.6) is 0 Å². The lowest BCUT2D eigenvalue weighted by Crippen LogP contribution is -1.95. The molecule has 1 heterocycles. The minimum absolute atomic E-state index is 0.174. The molecule has 0 amide bonds. The van der Waals surface area contributed by atoms with E-state index in [1.807, 2.05) is 36.4 Å². The van der Waals surface area contributed by atoms with Gasteiger partial charge in [0.15, 0.2) is 0 Å². The average molecular weight is 361 g/mol. The molecular formula is C13H8BrCl2NS. The Bertz CT molecular complexity index is 618. The summed E-state index contributed by atoms with van der Waals surface area (Å²) in [5.41, 5.74) is 3.19. The molecule has 0 saturated heterocycles. The van der Waals surface area contributed by atoms with Crippen molar-refractivity contribution < 1.29 is 0 Å². The summed E-state index contributed by atoms with van der Waals surface area (Å²) < 4.78 is 4.34. The third kappa shape index (κ3) is 2.25. The van der Waals surface area contributed by atoms with E-state index in [9.17, 15) is 0 Å². The van der Waals surface area contributed by atoms with Crippen LogP contribution in [0, 0.1) is 0 Å². The van der Waals surface area contributed by atoms with Crippen LogP contribution in [0.25, 0.3) is 0 Å². The van der Waals surface area contributed by atoms with Gasteiger partial charge in [0.1, 0.15) is 0 Å². The minimum atomic E-state index is -0.174. The van der Waals surface area contributed by atoms with Crippen molar-refractivity contribution in [3.05, 3.63) is 57.0 Å². The number of fused-ring (bicyclic) bond motifs is 2. The first-order valence-corrected chi connectivity index (χ1v) is 7.73. The van der Waals surface area contributed by atoms with Gasteiger partial charge in [-0.25, -0.2) is 0 Å². The number of hydrogen-bond acceptors (Lipinski definition) is 2. The summed E-state index contributed by atoms with van der Waals surface area (Å²) >= 11 is 17.6. The summed E-state index contributed by atoms with van der Waals surface area (Å²) in [6.45, 7) is 0. The SMILES string of the molecule is Clc1ccc2c(c1)SNc1ccc(Br)cc1C2Cl. The van der Waals surface area contributed by atoms with Gasteiger partial charge in [-0.2, -0.15) is 0 Å². The third-order valence-electron chi connectivity index (χ3n) is 2.81. The summed E-state index contributed by atoms with van der Waals surface area (Å²) in [7, 11) is 0. The zero-order valence-electron chi connectivity index (χ0n) is 9.08. The van der Waals surface area contributed by atoms with Crippen molar-refractivity contribution in [3.63, 3.8) is 0 Å². The van der Waals surface area contributed by atoms with Gasteiger partial charge in [-0.05, 0) is 53.4 Å². The van der Waals surface area contributed by atoms with Crippen LogP contribution in [0.3, 0.4) is 0 Å². The Hall–Kier alpha value is -0.350. The molecule has 0 radical (unpaired) electrons. The number of halogens is 3. The largest absolute Gasteiger partial charge is 0.325 e. The lowest BCUT2D eigenvalue weighted by molar-refractivity contribution is 1.10. The predicted octanol–water partition coefficient (Wildman–Crippen LogP) is 5.86. The smallest absolute Gasteiger partial charge is 0.0867 e. The maximum Gasteiger partial charge on any atom is 0.0867 e. The monoisotopic (exact) mass is 359 g/mol. The van der Waals surface area contributed by atoms with Crippen LogP contribution < -0.4 is 4.72 Å². The van der Waals surface area contributed by atoms with Crippen molar-refractivity contribution in [2.75, 3.05) is 4.72 Å². The van der Waals surface area contributed by atoms with Crippen LogP contribution in [0.2, 0.25) is 5.02 Å². The van der Waals surface area contributed by atoms with Gasteiger partial charge in [-0.1, -0.05) is 33.6 Å². The molecule has 0 fully saturated rings. The molecule has 1 aliphatic rings. The predicted molar refractivity (Wildman–Crippen MR) is 82.8 cm³/mol. The highest BCUT2D eigenvalue weighted by Crippen LogP contribution is 2.44. The molecule has 3 rings (SSSR count). The standard InChI is InChI=1S/C13H8BrCl2NS/c14-7-1-4-11-10(5-7)13(16)9-3-2-8(15)6-12(9)18-17-11/h1-6,13,17H. The highest BCUT2D eigenvalue weighted by Gasteiger charge is 2.22. The number of nitrogens with one attached hydrogen (secondary N) is 1. The van der Waals surface area contributed by atoms with Crippen molar-refractivity contribution in [1.82, 2.24) is 0 Å². The van der Waals surface area contributed by atoms with Gasteiger partial charge in [0.2, 0.25) is 0 Å². The fourth-order valence-corrected chi connectivity index (χ4v) is 3.87. The molecule has 2 aromatic rings. The van der Waals surface area contributed by atoms with Crippen molar-refractivity contribution >= 4 is 56.8 Å². The summed E-state index contributed by atoms with van der Waals surface area (Å²) in [5.74, 6) is 0. The Kier molecular flexibility index (Phi) is 3.50. The minimum Gasteiger partial charge on any atom is -0.325 e. The van der Waals surface area contributed by atoms with E-state index in [1.54, 1.807) is 11.9 Å². The van der Waals surface area contributed by atoms with Gasteiger partial charge < -0.3 is 4.72 Å². The van der Waals surface area contributed by atoms with E-state index >= 15 is 0 Å². The van der Waals surface area contributed by atoms with Crippen molar-refractivity contribution in [1.29, 1.82) is 0 Å². The van der Waals surface area contributed by atoms with Crippen molar-refractivity contribution in [3.8, 4) is 0 Å². The molecular weight excluding hydrogens is 353 g/mol. The molecule has 92 valence electrons. The van der Waals surface area contributed by atoms with Crippen molar-refractivity contribution in [2.45, 2.75) is 10.3 Å². The zero-order chi connectivity index (χ0) is 12.7. The molecule has 0 bridgehead atoms. The molecule has 1 aliphatic heterocycles. The van der Waals surface area contributed by atoms with E-state index in [0.29, 0.717) is 0 Å². The summed E-state index contributed by atoms with van der Waals surface area (Å²) in [6, 6.07) is 11.9. The lowest BCUT2D eigenvalue weighted by Gasteiger charge is -2.12.